The molecular formula is C30H37N7O2. The van der Waals surface area contributed by atoms with Crippen molar-refractivity contribution in [3.8, 4) is 12.1 Å². The van der Waals surface area contributed by atoms with Crippen LogP contribution in [0.5, 0.6) is 6.01 Å². The monoisotopic (exact) mass is 527 g/mol. The van der Waals surface area contributed by atoms with Crippen LogP contribution in [0.2, 0.25) is 0 Å². The largest absolute Gasteiger partial charge is 0.461 e. The molecule has 0 saturated carbocycles. The summed E-state index contributed by atoms with van der Waals surface area (Å²) in [4.78, 5) is 17.0. The van der Waals surface area contributed by atoms with Gasteiger partial charge in [0.1, 0.15) is 18.5 Å². The lowest BCUT2D eigenvalue weighted by molar-refractivity contribution is -0.0662. The van der Waals surface area contributed by atoms with Crippen molar-refractivity contribution in [3.05, 3.63) is 53.7 Å². The molecule has 0 spiro atoms. The van der Waals surface area contributed by atoms with Crippen molar-refractivity contribution in [1.82, 2.24) is 20.2 Å². The molecule has 204 valence electrons. The summed E-state index contributed by atoms with van der Waals surface area (Å²) in [6.07, 6.45) is 1.32. The van der Waals surface area contributed by atoms with Crippen molar-refractivity contribution in [2.24, 2.45) is 0 Å². The molecule has 0 radical (unpaired) electrons. The van der Waals surface area contributed by atoms with E-state index in [-0.39, 0.29) is 12.1 Å². The summed E-state index contributed by atoms with van der Waals surface area (Å²) in [5, 5.41) is 15.2. The number of aromatic nitrogens is 2. The summed E-state index contributed by atoms with van der Waals surface area (Å²) in [6.45, 7) is 8.11. The number of hydrogen-bond donors (Lipinski definition) is 1. The third kappa shape index (κ3) is 5.50. The Labute approximate surface area is 230 Å². The number of piperazine rings is 1. The average Bonchev–Trinajstić information content (AvgIpc) is 2.97. The molecule has 0 amide bonds. The Morgan fingerprint density at radius 1 is 1.10 bits per heavy atom. The molecule has 0 bridgehead atoms. The summed E-state index contributed by atoms with van der Waals surface area (Å²) < 4.78 is 12.2. The highest BCUT2D eigenvalue weighted by Gasteiger charge is 2.30. The molecule has 3 aliphatic heterocycles. The number of morpholine rings is 1. The zero-order valence-corrected chi connectivity index (χ0v) is 22.8. The topological polar surface area (TPSA) is 89.8 Å². The second kappa shape index (κ2) is 11.3. The molecule has 2 fully saturated rings. The minimum Gasteiger partial charge on any atom is -0.461 e. The molecule has 9 heteroatoms. The van der Waals surface area contributed by atoms with E-state index in [0.29, 0.717) is 38.2 Å². The minimum atomic E-state index is -0.0133. The van der Waals surface area contributed by atoms with Gasteiger partial charge in [0.2, 0.25) is 0 Å². The predicted octanol–water partition coefficient (Wildman–Crippen LogP) is 2.98. The van der Waals surface area contributed by atoms with E-state index in [4.69, 9.17) is 19.4 Å². The van der Waals surface area contributed by atoms with Crippen LogP contribution in [-0.4, -0.2) is 86.0 Å². The highest BCUT2D eigenvalue weighted by atomic mass is 16.5. The van der Waals surface area contributed by atoms with E-state index in [1.807, 2.05) is 0 Å². The third-order valence-electron chi connectivity index (χ3n) is 8.24. The van der Waals surface area contributed by atoms with Gasteiger partial charge in [0.25, 0.3) is 0 Å². The van der Waals surface area contributed by atoms with Crippen LogP contribution in [0.1, 0.15) is 24.6 Å². The highest BCUT2D eigenvalue weighted by molar-refractivity contribution is 5.94. The summed E-state index contributed by atoms with van der Waals surface area (Å²) in [7, 11) is 2.12. The van der Waals surface area contributed by atoms with Crippen molar-refractivity contribution in [2.45, 2.75) is 44.5 Å². The van der Waals surface area contributed by atoms with Gasteiger partial charge < -0.3 is 24.6 Å². The first-order valence-corrected chi connectivity index (χ1v) is 14.0. The lowest BCUT2D eigenvalue weighted by Gasteiger charge is -2.37. The first-order chi connectivity index (χ1) is 19.1. The Kier molecular flexibility index (Phi) is 7.51. The fourth-order valence-corrected chi connectivity index (χ4v) is 5.89. The van der Waals surface area contributed by atoms with Crippen molar-refractivity contribution in [1.29, 1.82) is 5.26 Å². The van der Waals surface area contributed by atoms with Crippen LogP contribution < -0.4 is 19.9 Å². The van der Waals surface area contributed by atoms with Crippen LogP contribution in [0.4, 0.5) is 11.5 Å². The van der Waals surface area contributed by atoms with Gasteiger partial charge in [-0.1, -0.05) is 36.4 Å². The van der Waals surface area contributed by atoms with Gasteiger partial charge in [-0.05, 0) is 31.8 Å². The van der Waals surface area contributed by atoms with E-state index < -0.39 is 0 Å². The van der Waals surface area contributed by atoms with Crippen molar-refractivity contribution < 1.29 is 9.47 Å². The maximum Gasteiger partial charge on any atom is 0.318 e. The van der Waals surface area contributed by atoms with Crippen LogP contribution in [0.15, 0.2) is 42.5 Å². The van der Waals surface area contributed by atoms with Crippen molar-refractivity contribution in [3.63, 3.8) is 0 Å². The number of ether oxygens (including phenoxy) is 2. The Bertz CT molecular complexity index is 1350. The lowest BCUT2D eigenvalue weighted by atomic mass is 10.0. The van der Waals surface area contributed by atoms with Crippen LogP contribution >= 0.6 is 0 Å². The average molecular weight is 528 g/mol. The lowest BCUT2D eigenvalue weighted by Crippen LogP contribution is -2.51. The molecule has 3 atom stereocenters. The van der Waals surface area contributed by atoms with Crippen LogP contribution in [0.25, 0.3) is 10.8 Å². The highest BCUT2D eigenvalue weighted by Crippen LogP contribution is 2.34. The standard InChI is InChI=1S/C30H37N7O2/c1-21-19-38-24(17-35(21)2)20-39-30-33-27-18-36(28-9-5-7-22-6-3-4-8-25(22)28)14-11-26(27)29(34-30)37-15-13-32-23(16-37)10-12-31/h3-9,21,23-24,32H,10-11,13-20H2,1-2H3/t21-,23+,24-/m1/s1. The number of nitriles is 1. The zero-order valence-electron chi connectivity index (χ0n) is 22.8. The Balaban J connectivity index is 1.29. The number of likely N-dealkylation sites (N-methyl/N-ethyl adjacent to an activating group) is 1. The first kappa shape index (κ1) is 25.8. The SMILES string of the molecule is C[C@@H]1CO[C@@H](COc2nc3c(c(N4CCN[C@@H](CC#N)C4)n2)CCN(c2cccc4ccccc24)C3)CN1C. The summed E-state index contributed by atoms with van der Waals surface area (Å²) >= 11 is 0. The Morgan fingerprint density at radius 2 is 1.97 bits per heavy atom. The van der Waals surface area contributed by atoms with Crippen LogP contribution in [-0.2, 0) is 17.7 Å². The molecule has 0 aliphatic carbocycles. The normalized spacial score (nSPS) is 23.9. The fraction of sp³-hybridized carbons (Fsp3) is 0.500. The maximum atomic E-state index is 9.28. The van der Waals surface area contributed by atoms with E-state index in [0.717, 1.165) is 50.7 Å². The number of anilines is 2. The Hall–Kier alpha value is -3.45. The van der Waals surface area contributed by atoms with Gasteiger partial charge >= 0.3 is 6.01 Å². The molecular weight excluding hydrogens is 490 g/mol. The molecule has 3 aliphatic rings. The number of hydrogen-bond acceptors (Lipinski definition) is 9. The number of fused-ring (bicyclic) bond motifs is 2. The van der Waals surface area contributed by atoms with Gasteiger partial charge in [0.15, 0.2) is 0 Å². The fourth-order valence-electron chi connectivity index (χ4n) is 5.89. The van der Waals surface area contributed by atoms with Crippen LogP contribution in [0, 0.1) is 11.3 Å². The maximum absolute atomic E-state index is 9.28. The molecule has 2 saturated heterocycles. The van der Waals surface area contributed by atoms with E-state index in [1.54, 1.807) is 0 Å². The number of nitrogens with zero attached hydrogens (tertiary/aromatic N) is 6. The smallest absolute Gasteiger partial charge is 0.318 e. The van der Waals surface area contributed by atoms with Gasteiger partial charge in [0.05, 0.1) is 31.3 Å². The van der Waals surface area contributed by atoms with Gasteiger partial charge in [0, 0.05) is 61.4 Å². The quantitative estimate of drug-likeness (QED) is 0.520. The van der Waals surface area contributed by atoms with Crippen LogP contribution in [0.3, 0.4) is 0 Å². The minimum absolute atomic E-state index is 0.0133. The summed E-state index contributed by atoms with van der Waals surface area (Å²) in [6, 6.07) is 18.3. The van der Waals surface area contributed by atoms with Gasteiger partial charge in [-0.3, -0.25) is 4.90 Å². The van der Waals surface area contributed by atoms with Gasteiger partial charge in [-0.15, -0.1) is 0 Å². The van der Waals surface area contributed by atoms with Crippen molar-refractivity contribution >= 4 is 22.3 Å². The molecule has 2 aromatic carbocycles. The van der Waals surface area contributed by atoms with E-state index in [1.165, 1.54) is 22.0 Å². The molecule has 3 aromatic rings. The number of rotatable bonds is 6. The van der Waals surface area contributed by atoms with E-state index in [9.17, 15) is 5.26 Å². The number of benzene rings is 2. The molecule has 6 rings (SSSR count). The van der Waals surface area contributed by atoms with E-state index in [2.05, 4.69) is 82.5 Å². The zero-order chi connectivity index (χ0) is 26.8. The second-order valence-electron chi connectivity index (χ2n) is 10.9. The van der Waals surface area contributed by atoms with E-state index >= 15 is 0 Å². The third-order valence-corrected chi connectivity index (χ3v) is 8.24. The predicted molar refractivity (Wildman–Crippen MR) is 152 cm³/mol. The molecule has 0 unspecified atom stereocenters. The summed E-state index contributed by atoms with van der Waals surface area (Å²) in [5.41, 5.74) is 3.43. The summed E-state index contributed by atoms with van der Waals surface area (Å²) in [5.74, 6) is 0.951. The molecule has 39 heavy (non-hydrogen) atoms. The molecule has 9 nitrogen and oxygen atoms in total. The molecule has 1 N–H and O–H groups in total. The number of nitrogens with one attached hydrogen (secondary N) is 1. The Morgan fingerprint density at radius 3 is 2.85 bits per heavy atom. The molecule has 4 heterocycles. The van der Waals surface area contributed by atoms with Gasteiger partial charge in [-0.25, -0.2) is 0 Å². The second-order valence-corrected chi connectivity index (χ2v) is 10.9. The van der Waals surface area contributed by atoms with Gasteiger partial charge in [-0.2, -0.15) is 15.2 Å². The molecule has 1 aromatic heterocycles. The first-order valence-electron chi connectivity index (χ1n) is 14.0. The van der Waals surface area contributed by atoms with Crippen molar-refractivity contribution in [2.75, 3.05) is 62.8 Å².